The summed E-state index contributed by atoms with van der Waals surface area (Å²) in [5, 5.41) is 14.2. The second kappa shape index (κ2) is 4.59. The third-order valence-electron chi connectivity index (χ3n) is 2.15. The van der Waals surface area contributed by atoms with E-state index >= 15 is 0 Å². The molecule has 1 aromatic heterocycles. The van der Waals surface area contributed by atoms with Crippen molar-refractivity contribution in [3.05, 3.63) is 52.3 Å². The van der Waals surface area contributed by atoms with E-state index in [-0.39, 0.29) is 5.75 Å². The van der Waals surface area contributed by atoms with E-state index in [1.54, 1.807) is 0 Å². The molecule has 0 aliphatic heterocycles. The normalized spacial score (nSPS) is 11.3. The minimum atomic E-state index is -4.84. The van der Waals surface area contributed by atoms with Crippen molar-refractivity contribution in [2.45, 2.75) is 6.18 Å². The van der Waals surface area contributed by atoms with Crippen molar-refractivity contribution in [2.75, 3.05) is 0 Å². The van der Waals surface area contributed by atoms with Gasteiger partial charge in [-0.1, -0.05) is 0 Å². The van der Waals surface area contributed by atoms with Crippen molar-refractivity contribution < 1.29 is 22.9 Å². The van der Waals surface area contributed by atoms with E-state index < -0.39 is 22.4 Å². The zero-order valence-electron chi connectivity index (χ0n) is 9.16. The first-order valence-electron chi connectivity index (χ1n) is 4.91. The van der Waals surface area contributed by atoms with Crippen LogP contribution in [-0.2, 0) is 6.18 Å². The molecule has 0 unspecified atom stereocenters. The van der Waals surface area contributed by atoms with Crippen molar-refractivity contribution in [3.8, 4) is 5.75 Å². The molecule has 0 atom stereocenters. The van der Waals surface area contributed by atoms with Crippen LogP contribution in [0.25, 0.3) is 0 Å². The van der Waals surface area contributed by atoms with Gasteiger partial charge < -0.3 is 4.84 Å². The van der Waals surface area contributed by atoms with Crippen LogP contribution in [0.4, 0.5) is 18.9 Å². The van der Waals surface area contributed by atoms with Gasteiger partial charge in [0, 0.05) is 12.1 Å². The lowest BCUT2D eigenvalue weighted by Crippen LogP contribution is -2.11. The van der Waals surface area contributed by atoms with Gasteiger partial charge in [0.15, 0.2) is 5.75 Å². The lowest BCUT2D eigenvalue weighted by Gasteiger charge is -2.09. The fourth-order valence-corrected chi connectivity index (χ4v) is 1.37. The number of hydrogen-bond donors (Lipinski definition) is 0. The predicted molar refractivity (Wildman–Crippen MR) is 56.4 cm³/mol. The van der Waals surface area contributed by atoms with Gasteiger partial charge >= 0.3 is 6.18 Å². The molecular formula is C10H6F3N3O3. The summed E-state index contributed by atoms with van der Waals surface area (Å²) in [7, 11) is 0. The van der Waals surface area contributed by atoms with Crippen LogP contribution < -0.4 is 4.84 Å². The maximum absolute atomic E-state index is 12.7. The zero-order valence-corrected chi connectivity index (χ0v) is 9.16. The first kappa shape index (κ1) is 12.9. The molecule has 9 heteroatoms. The monoisotopic (exact) mass is 273 g/mol. The number of rotatable bonds is 3. The average Bonchev–Trinajstić information content (AvgIpc) is 2.80. The molecule has 1 heterocycles. The molecule has 2 rings (SSSR count). The van der Waals surface area contributed by atoms with Crippen LogP contribution in [0.1, 0.15) is 5.56 Å². The van der Waals surface area contributed by atoms with Crippen molar-refractivity contribution in [1.82, 2.24) is 9.94 Å². The van der Waals surface area contributed by atoms with E-state index in [0.29, 0.717) is 6.07 Å². The minimum absolute atomic E-state index is 0.207. The van der Waals surface area contributed by atoms with E-state index in [1.807, 2.05) is 0 Å². The first-order chi connectivity index (χ1) is 8.88. The highest BCUT2D eigenvalue weighted by molar-refractivity contribution is 5.46. The summed E-state index contributed by atoms with van der Waals surface area (Å²) >= 11 is 0. The van der Waals surface area contributed by atoms with Gasteiger partial charge in [-0.2, -0.15) is 13.2 Å². The lowest BCUT2D eigenvalue weighted by atomic mass is 10.1. The Morgan fingerprint density at radius 3 is 2.63 bits per heavy atom. The van der Waals surface area contributed by atoms with Crippen LogP contribution in [0.5, 0.6) is 5.75 Å². The Morgan fingerprint density at radius 2 is 2.11 bits per heavy atom. The maximum atomic E-state index is 12.7. The molecule has 0 aliphatic rings. The Bertz CT molecular complexity index is 596. The number of aromatic nitrogens is 2. The highest BCUT2D eigenvalue weighted by atomic mass is 19.4. The van der Waals surface area contributed by atoms with Gasteiger partial charge in [0.1, 0.15) is 5.56 Å². The molecule has 0 saturated heterocycles. The summed E-state index contributed by atoms with van der Waals surface area (Å²) in [6.07, 6.45) is -2.10. The molecule has 0 amide bonds. The quantitative estimate of drug-likeness (QED) is 0.636. The molecule has 2 aromatic rings. The Labute approximate surface area is 104 Å². The van der Waals surface area contributed by atoms with E-state index in [4.69, 9.17) is 4.84 Å². The smallest absolute Gasteiger partial charge is 0.358 e. The van der Waals surface area contributed by atoms with Crippen molar-refractivity contribution in [1.29, 1.82) is 0 Å². The molecule has 100 valence electrons. The van der Waals surface area contributed by atoms with Crippen molar-refractivity contribution in [3.63, 3.8) is 0 Å². The van der Waals surface area contributed by atoms with E-state index in [9.17, 15) is 23.3 Å². The van der Waals surface area contributed by atoms with E-state index in [1.165, 1.54) is 18.5 Å². The maximum Gasteiger partial charge on any atom is 0.423 e. The molecular weight excluding hydrogens is 267 g/mol. The molecule has 19 heavy (non-hydrogen) atoms. The van der Waals surface area contributed by atoms with Crippen LogP contribution in [0.15, 0.2) is 36.7 Å². The Morgan fingerprint density at radius 1 is 1.37 bits per heavy atom. The Hall–Kier alpha value is -2.58. The topological polar surface area (TPSA) is 70.2 Å². The predicted octanol–water partition coefficient (Wildman–Crippen LogP) is 2.65. The largest absolute Gasteiger partial charge is 0.423 e. The molecule has 6 nitrogen and oxygen atoms in total. The number of nitro groups is 1. The number of hydrogen-bond acceptors (Lipinski definition) is 4. The van der Waals surface area contributed by atoms with Crippen molar-refractivity contribution >= 4 is 5.69 Å². The summed E-state index contributed by atoms with van der Waals surface area (Å²) in [6.45, 7) is 0. The van der Waals surface area contributed by atoms with Gasteiger partial charge in [0.2, 0.25) is 0 Å². The van der Waals surface area contributed by atoms with Crippen LogP contribution >= 0.6 is 0 Å². The number of alkyl halides is 3. The van der Waals surface area contributed by atoms with Gasteiger partial charge in [-0.05, 0) is 12.1 Å². The minimum Gasteiger partial charge on any atom is -0.358 e. The summed E-state index contributed by atoms with van der Waals surface area (Å²) in [5.41, 5.74) is -2.40. The fourth-order valence-electron chi connectivity index (χ4n) is 1.37. The Kier molecular flexibility index (Phi) is 3.11. The number of benzene rings is 1. The zero-order chi connectivity index (χ0) is 14.0. The Balaban J connectivity index is 2.41. The molecule has 1 aromatic carbocycles. The van der Waals surface area contributed by atoms with Gasteiger partial charge in [0.05, 0.1) is 17.3 Å². The first-order valence-corrected chi connectivity index (χ1v) is 4.91. The molecule has 0 aliphatic carbocycles. The summed E-state index contributed by atoms with van der Waals surface area (Å²) in [5.74, 6) is -0.207. The summed E-state index contributed by atoms with van der Waals surface area (Å²) in [6, 6.07) is 3.87. The van der Waals surface area contributed by atoms with Crippen LogP contribution in [0.2, 0.25) is 0 Å². The second-order valence-electron chi connectivity index (χ2n) is 3.43. The average molecular weight is 273 g/mol. The molecule has 0 N–H and O–H groups in total. The SMILES string of the molecule is O=[N+]([O-])c1ccc(On2cccn2)cc1C(F)(F)F. The van der Waals surface area contributed by atoms with Gasteiger partial charge in [0.25, 0.3) is 5.69 Å². The summed E-state index contributed by atoms with van der Waals surface area (Å²) < 4.78 is 38.1. The third-order valence-corrected chi connectivity index (χ3v) is 2.15. The van der Waals surface area contributed by atoms with Crippen LogP contribution in [-0.4, -0.2) is 14.9 Å². The van der Waals surface area contributed by atoms with Gasteiger partial charge in [-0.3, -0.25) is 10.1 Å². The molecule has 0 radical (unpaired) electrons. The highest BCUT2D eigenvalue weighted by Gasteiger charge is 2.38. The molecule has 0 fully saturated rings. The van der Waals surface area contributed by atoms with Gasteiger partial charge in [-0.15, -0.1) is 9.94 Å². The van der Waals surface area contributed by atoms with Crippen LogP contribution in [0.3, 0.4) is 0 Å². The lowest BCUT2D eigenvalue weighted by molar-refractivity contribution is -0.388. The number of nitrogens with zero attached hydrogens (tertiary/aromatic N) is 3. The van der Waals surface area contributed by atoms with Gasteiger partial charge in [-0.25, -0.2) is 0 Å². The highest BCUT2D eigenvalue weighted by Crippen LogP contribution is 2.38. The summed E-state index contributed by atoms with van der Waals surface area (Å²) in [4.78, 5) is 15.4. The third kappa shape index (κ3) is 2.81. The fraction of sp³-hybridized carbons (Fsp3) is 0.100. The van der Waals surface area contributed by atoms with E-state index in [2.05, 4.69) is 5.10 Å². The number of halogens is 3. The number of nitro benzene ring substituents is 1. The van der Waals surface area contributed by atoms with Crippen LogP contribution in [0, 0.1) is 10.1 Å². The van der Waals surface area contributed by atoms with Crippen molar-refractivity contribution in [2.24, 2.45) is 0 Å². The second-order valence-corrected chi connectivity index (χ2v) is 3.43. The standard InChI is InChI=1S/C10H6F3N3O3/c11-10(12,13)8-6-7(2-3-9(8)16(17)18)19-15-5-1-4-14-15/h1-6H. The molecule has 0 saturated carbocycles. The molecule has 0 spiro atoms. The van der Waals surface area contributed by atoms with E-state index in [0.717, 1.165) is 17.0 Å². The molecule has 0 bridgehead atoms.